The highest BCUT2D eigenvalue weighted by atomic mass is 79.9. The minimum Gasteiger partial charge on any atom is -0.381 e. The largest absolute Gasteiger partial charge is 0.417 e. The lowest BCUT2D eigenvalue weighted by Gasteiger charge is -2.17. The molecule has 1 amide bonds. The molecule has 0 heterocycles. The molecule has 1 rings (SSSR count). The first-order valence-electron chi connectivity index (χ1n) is 4.92. The van der Waals surface area contributed by atoms with E-state index in [1.54, 1.807) is 0 Å². The summed E-state index contributed by atoms with van der Waals surface area (Å²) >= 11 is 2.79. The molecule has 18 heavy (non-hydrogen) atoms. The Hall–Kier alpha value is -1.08. The molecule has 3 nitrogen and oxygen atoms in total. The predicted molar refractivity (Wildman–Crippen MR) is 64.1 cm³/mol. The molecule has 0 aromatic heterocycles. The zero-order valence-electron chi connectivity index (χ0n) is 9.60. The van der Waals surface area contributed by atoms with Gasteiger partial charge in [0.25, 0.3) is 5.91 Å². The lowest BCUT2D eigenvalue weighted by Crippen LogP contribution is -2.36. The van der Waals surface area contributed by atoms with Crippen LogP contribution in [-0.4, -0.2) is 16.6 Å². The third-order valence-electron chi connectivity index (χ3n) is 2.09. The van der Waals surface area contributed by atoms with E-state index in [0.717, 1.165) is 6.07 Å². The molecule has 1 aromatic rings. The Morgan fingerprint density at radius 1 is 1.33 bits per heavy atom. The molecule has 0 unspecified atom stereocenters. The summed E-state index contributed by atoms with van der Waals surface area (Å²) in [6.45, 7) is 2.48. The first-order valence-corrected chi connectivity index (χ1v) is 5.71. The molecule has 0 aliphatic carbocycles. The van der Waals surface area contributed by atoms with Gasteiger partial charge in [0.15, 0.2) is 0 Å². The van der Waals surface area contributed by atoms with E-state index in [1.807, 2.05) is 0 Å². The van der Waals surface area contributed by atoms with E-state index in [9.17, 15) is 23.1 Å². The van der Waals surface area contributed by atoms with Crippen molar-refractivity contribution in [1.29, 1.82) is 0 Å². The average molecular weight is 326 g/mol. The molecular weight excluding hydrogens is 315 g/mol. The van der Waals surface area contributed by atoms with Gasteiger partial charge in [-0.1, -0.05) is 15.9 Å². The van der Waals surface area contributed by atoms with Crippen molar-refractivity contribution in [2.45, 2.75) is 25.6 Å². The van der Waals surface area contributed by atoms with Gasteiger partial charge in [0.2, 0.25) is 0 Å². The fourth-order valence-corrected chi connectivity index (χ4v) is 1.58. The second-order valence-electron chi connectivity index (χ2n) is 4.21. The van der Waals surface area contributed by atoms with Crippen molar-refractivity contribution >= 4 is 27.5 Å². The van der Waals surface area contributed by atoms with Gasteiger partial charge in [0.05, 0.1) is 5.56 Å². The smallest absolute Gasteiger partial charge is 0.381 e. The molecule has 0 spiro atoms. The third-order valence-corrected chi connectivity index (χ3v) is 2.78. The van der Waals surface area contributed by atoms with Crippen LogP contribution in [0.1, 0.15) is 19.4 Å². The van der Waals surface area contributed by atoms with Gasteiger partial charge in [0, 0.05) is 10.2 Å². The maximum atomic E-state index is 12.6. The van der Waals surface area contributed by atoms with Crippen molar-refractivity contribution in [3.05, 3.63) is 28.2 Å². The van der Waals surface area contributed by atoms with E-state index in [1.165, 1.54) is 26.0 Å². The van der Waals surface area contributed by atoms with Gasteiger partial charge in [-0.3, -0.25) is 4.79 Å². The summed E-state index contributed by atoms with van der Waals surface area (Å²) < 4.78 is 37.7. The highest BCUT2D eigenvalue weighted by Crippen LogP contribution is 2.36. The van der Waals surface area contributed by atoms with E-state index in [-0.39, 0.29) is 10.2 Å². The first-order chi connectivity index (χ1) is 8.01. The standard InChI is InChI=1S/C11H11BrF3NO2/c1-10(2,18)9(17)16-6-3-4-8(12)7(5-6)11(13,14)15/h3-5,18H,1-2H3,(H,16,17). The van der Waals surface area contributed by atoms with Crippen molar-refractivity contribution in [1.82, 2.24) is 0 Å². The number of benzene rings is 1. The Bertz CT molecular complexity index is 466. The number of amides is 1. The number of nitrogens with one attached hydrogen (secondary N) is 1. The maximum absolute atomic E-state index is 12.6. The van der Waals surface area contributed by atoms with Crippen LogP contribution in [0, 0.1) is 0 Å². The number of hydrogen-bond acceptors (Lipinski definition) is 2. The van der Waals surface area contributed by atoms with Crippen LogP contribution in [0.5, 0.6) is 0 Å². The monoisotopic (exact) mass is 325 g/mol. The van der Waals surface area contributed by atoms with E-state index >= 15 is 0 Å². The molecule has 0 atom stereocenters. The molecule has 0 saturated heterocycles. The summed E-state index contributed by atoms with van der Waals surface area (Å²) in [5, 5.41) is 11.6. The van der Waals surface area contributed by atoms with Crippen LogP contribution in [0.25, 0.3) is 0 Å². The van der Waals surface area contributed by atoms with Crippen molar-refractivity contribution in [3.8, 4) is 0 Å². The molecule has 0 saturated carbocycles. The zero-order chi connectivity index (χ0) is 14.1. The van der Waals surface area contributed by atoms with Gasteiger partial charge in [-0.25, -0.2) is 0 Å². The minimum atomic E-state index is -4.52. The predicted octanol–water partition coefficient (Wildman–Crippen LogP) is 3.18. The van der Waals surface area contributed by atoms with Crippen LogP contribution in [0.3, 0.4) is 0 Å². The van der Waals surface area contributed by atoms with Gasteiger partial charge in [-0.2, -0.15) is 13.2 Å². The first kappa shape index (κ1) is 15.0. The van der Waals surface area contributed by atoms with Crippen LogP contribution < -0.4 is 5.32 Å². The Labute approximate surface area is 110 Å². The molecule has 100 valence electrons. The SMILES string of the molecule is CC(C)(O)C(=O)Nc1ccc(Br)c(C(F)(F)F)c1. The van der Waals surface area contributed by atoms with Gasteiger partial charge in [0.1, 0.15) is 5.60 Å². The summed E-state index contributed by atoms with van der Waals surface area (Å²) in [5.74, 6) is -0.780. The van der Waals surface area contributed by atoms with Gasteiger partial charge < -0.3 is 10.4 Å². The maximum Gasteiger partial charge on any atom is 0.417 e. The summed E-state index contributed by atoms with van der Waals surface area (Å²) in [6, 6.07) is 3.29. The number of rotatable bonds is 2. The summed E-state index contributed by atoms with van der Waals surface area (Å²) in [4.78, 5) is 11.4. The second-order valence-corrected chi connectivity index (χ2v) is 5.06. The molecule has 2 N–H and O–H groups in total. The lowest BCUT2D eigenvalue weighted by molar-refractivity contribution is -0.138. The average Bonchev–Trinajstić information content (AvgIpc) is 2.17. The van der Waals surface area contributed by atoms with Crippen LogP contribution in [0.15, 0.2) is 22.7 Å². The Kier molecular flexibility index (Phi) is 4.07. The molecule has 0 aliphatic heterocycles. The van der Waals surface area contributed by atoms with Gasteiger partial charge in [-0.05, 0) is 32.0 Å². The van der Waals surface area contributed by atoms with Crippen molar-refractivity contribution in [2.24, 2.45) is 0 Å². The highest BCUT2D eigenvalue weighted by molar-refractivity contribution is 9.10. The van der Waals surface area contributed by atoms with Gasteiger partial charge >= 0.3 is 6.18 Å². The molecular formula is C11H11BrF3NO2. The Morgan fingerprint density at radius 2 is 1.89 bits per heavy atom. The number of hydrogen-bond donors (Lipinski definition) is 2. The number of carbonyl (C=O) groups excluding carboxylic acids is 1. The third kappa shape index (κ3) is 3.71. The zero-order valence-corrected chi connectivity index (χ0v) is 11.2. The minimum absolute atomic E-state index is 0.0300. The van der Waals surface area contributed by atoms with E-state index in [4.69, 9.17) is 0 Å². The number of aliphatic hydroxyl groups is 1. The summed E-state index contributed by atoms with van der Waals surface area (Å²) in [7, 11) is 0. The van der Waals surface area contributed by atoms with Crippen LogP contribution >= 0.6 is 15.9 Å². The van der Waals surface area contributed by atoms with Crippen LogP contribution in [0.4, 0.5) is 18.9 Å². The quantitative estimate of drug-likeness (QED) is 0.877. The number of halogens is 4. The summed E-state index contributed by atoms with van der Waals surface area (Å²) in [6.07, 6.45) is -4.52. The highest BCUT2D eigenvalue weighted by Gasteiger charge is 2.33. The lowest BCUT2D eigenvalue weighted by atomic mass is 10.1. The second kappa shape index (κ2) is 4.89. The fourth-order valence-electron chi connectivity index (χ4n) is 1.10. The Morgan fingerprint density at radius 3 is 2.33 bits per heavy atom. The molecule has 0 aliphatic rings. The van der Waals surface area contributed by atoms with E-state index in [2.05, 4.69) is 21.2 Å². The van der Waals surface area contributed by atoms with Crippen molar-refractivity contribution < 1.29 is 23.1 Å². The topological polar surface area (TPSA) is 49.3 Å². The van der Waals surface area contributed by atoms with E-state index < -0.39 is 23.2 Å². The molecule has 0 fully saturated rings. The van der Waals surface area contributed by atoms with E-state index in [0.29, 0.717) is 0 Å². The van der Waals surface area contributed by atoms with Crippen LogP contribution in [-0.2, 0) is 11.0 Å². The molecule has 0 radical (unpaired) electrons. The fraction of sp³-hybridized carbons (Fsp3) is 0.364. The van der Waals surface area contributed by atoms with Gasteiger partial charge in [-0.15, -0.1) is 0 Å². The number of alkyl halides is 3. The normalized spacial score (nSPS) is 12.4. The molecule has 7 heteroatoms. The van der Waals surface area contributed by atoms with Crippen LogP contribution in [0.2, 0.25) is 0 Å². The van der Waals surface area contributed by atoms with Crippen molar-refractivity contribution in [3.63, 3.8) is 0 Å². The molecule has 0 bridgehead atoms. The molecule has 1 aromatic carbocycles. The summed E-state index contributed by atoms with van der Waals surface area (Å²) in [5.41, 5.74) is -2.58. The number of anilines is 1. The van der Waals surface area contributed by atoms with Crippen molar-refractivity contribution in [2.75, 3.05) is 5.32 Å². The number of carbonyl (C=O) groups is 1. The Balaban J connectivity index is 3.04.